The molecule has 0 unspecified atom stereocenters. The van der Waals surface area contributed by atoms with Crippen LogP contribution in [0, 0.1) is 0 Å². The molecule has 1 rings (SSSR count). The lowest BCUT2D eigenvalue weighted by molar-refractivity contribution is 0.415. The lowest BCUT2D eigenvalue weighted by Crippen LogP contribution is -1.78. The van der Waals surface area contributed by atoms with Gasteiger partial charge in [0.25, 0.3) is 0 Å². The fourth-order valence-corrected chi connectivity index (χ4v) is 1.41. The van der Waals surface area contributed by atoms with Gasteiger partial charge in [-0.3, -0.25) is 0 Å². The first kappa shape index (κ1) is 15.0. The Balaban J connectivity index is 0.000000281. The summed E-state index contributed by atoms with van der Waals surface area (Å²) in [5.41, 5.74) is 0. The highest BCUT2D eigenvalue weighted by Crippen LogP contribution is 2.05. The molecule has 0 aliphatic carbocycles. The van der Waals surface area contributed by atoms with Crippen molar-refractivity contribution in [1.82, 2.24) is 0 Å². The number of hydrogen-bond acceptors (Lipinski definition) is 1. The van der Waals surface area contributed by atoms with Crippen molar-refractivity contribution in [2.45, 2.75) is 52.4 Å². The van der Waals surface area contributed by atoms with Gasteiger partial charge in [-0.15, -0.1) is 0 Å². The maximum atomic E-state index is 4.91. The van der Waals surface area contributed by atoms with Crippen molar-refractivity contribution in [2.24, 2.45) is 0 Å². The molecule has 0 bridgehead atoms. The Morgan fingerprint density at radius 1 is 0.812 bits per heavy atom. The third-order valence-electron chi connectivity index (χ3n) is 2.44. The van der Waals surface area contributed by atoms with Crippen molar-refractivity contribution in [2.75, 3.05) is 7.11 Å². The van der Waals surface area contributed by atoms with E-state index in [2.05, 4.69) is 13.8 Å². The predicted molar refractivity (Wildman–Crippen MR) is 72.0 cm³/mol. The van der Waals surface area contributed by atoms with Gasteiger partial charge in [-0.2, -0.15) is 0 Å². The Labute approximate surface area is 101 Å². The van der Waals surface area contributed by atoms with Crippen LogP contribution in [0.1, 0.15) is 52.4 Å². The van der Waals surface area contributed by atoms with E-state index in [1.807, 2.05) is 30.3 Å². The molecule has 0 heterocycles. The molecule has 1 aromatic rings. The number of ether oxygens (including phenoxy) is 1. The molecular formula is C15H26O. The van der Waals surface area contributed by atoms with Crippen LogP contribution in [-0.2, 0) is 0 Å². The van der Waals surface area contributed by atoms with Crippen LogP contribution in [0.5, 0.6) is 5.75 Å². The van der Waals surface area contributed by atoms with E-state index in [1.165, 1.54) is 38.5 Å². The van der Waals surface area contributed by atoms with E-state index in [4.69, 9.17) is 4.74 Å². The van der Waals surface area contributed by atoms with Crippen molar-refractivity contribution >= 4 is 0 Å². The third kappa shape index (κ3) is 9.57. The summed E-state index contributed by atoms with van der Waals surface area (Å²) in [5, 5.41) is 0. The smallest absolute Gasteiger partial charge is 0.118 e. The summed E-state index contributed by atoms with van der Waals surface area (Å²) >= 11 is 0. The molecule has 1 heteroatoms. The average Bonchev–Trinajstić information content (AvgIpc) is 2.36. The quantitative estimate of drug-likeness (QED) is 0.611. The molecule has 0 aromatic heterocycles. The first-order chi connectivity index (χ1) is 7.85. The maximum absolute atomic E-state index is 4.91. The summed E-state index contributed by atoms with van der Waals surface area (Å²) in [6.07, 6.45) is 8.49. The monoisotopic (exact) mass is 222 g/mol. The highest BCUT2D eigenvalue weighted by molar-refractivity contribution is 5.20. The van der Waals surface area contributed by atoms with Crippen LogP contribution in [0.2, 0.25) is 0 Å². The lowest BCUT2D eigenvalue weighted by atomic mass is 10.1. The number of para-hydroxylation sites is 1. The number of hydrogen-bond donors (Lipinski definition) is 0. The molecule has 1 nitrogen and oxygen atoms in total. The summed E-state index contributed by atoms with van der Waals surface area (Å²) in [5.74, 6) is 0.910. The van der Waals surface area contributed by atoms with E-state index in [-0.39, 0.29) is 0 Å². The first-order valence-corrected chi connectivity index (χ1v) is 6.44. The van der Waals surface area contributed by atoms with Crippen LogP contribution in [0.15, 0.2) is 30.3 Å². The van der Waals surface area contributed by atoms with Crippen LogP contribution < -0.4 is 4.74 Å². The molecule has 0 saturated heterocycles. The second-order valence-electron chi connectivity index (χ2n) is 3.93. The summed E-state index contributed by atoms with van der Waals surface area (Å²) in [6.45, 7) is 4.51. The maximum Gasteiger partial charge on any atom is 0.118 e. The zero-order valence-electron chi connectivity index (χ0n) is 11.0. The van der Waals surface area contributed by atoms with Crippen molar-refractivity contribution in [3.63, 3.8) is 0 Å². The third-order valence-corrected chi connectivity index (χ3v) is 2.44. The van der Waals surface area contributed by atoms with Crippen LogP contribution >= 0.6 is 0 Å². The number of benzene rings is 1. The molecule has 92 valence electrons. The second-order valence-corrected chi connectivity index (χ2v) is 3.93. The first-order valence-electron chi connectivity index (χ1n) is 6.44. The Bertz CT molecular complexity index is 212. The Morgan fingerprint density at radius 2 is 1.31 bits per heavy atom. The normalized spacial score (nSPS) is 9.19. The van der Waals surface area contributed by atoms with Gasteiger partial charge < -0.3 is 4.74 Å². The van der Waals surface area contributed by atoms with Gasteiger partial charge in [-0.1, -0.05) is 70.6 Å². The summed E-state index contributed by atoms with van der Waals surface area (Å²) in [7, 11) is 1.66. The molecule has 0 atom stereocenters. The highest BCUT2D eigenvalue weighted by Gasteiger charge is 1.83. The van der Waals surface area contributed by atoms with E-state index in [0.29, 0.717) is 0 Å². The topological polar surface area (TPSA) is 9.23 Å². The largest absolute Gasteiger partial charge is 0.497 e. The fourth-order valence-electron chi connectivity index (χ4n) is 1.41. The number of unbranched alkanes of at least 4 members (excludes halogenated alkanes) is 5. The number of methoxy groups -OCH3 is 1. The van der Waals surface area contributed by atoms with E-state index >= 15 is 0 Å². The van der Waals surface area contributed by atoms with Crippen LogP contribution in [-0.4, -0.2) is 7.11 Å². The van der Waals surface area contributed by atoms with Gasteiger partial charge >= 0.3 is 0 Å². The Kier molecular flexibility index (Phi) is 11.4. The minimum absolute atomic E-state index is 0.910. The van der Waals surface area contributed by atoms with Gasteiger partial charge in [0, 0.05) is 0 Å². The molecule has 0 aliphatic rings. The second kappa shape index (κ2) is 12.1. The van der Waals surface area contributed by atoms with Gasteiger partial charge in [0.2, 0.25) is 0 Å². The van der Waals surface area contributed by atoms with E-state index in [1.54, 1.807) is 7.11 Å². The molecule has 0 spiro atoms. The van der Waals surface area contributed by atoms with Crippen LogP contribution in [0.3, 0.4) is 0 Å². The van der Waals surface area contributed by atoms with Gasteiger partial charge in [-0.25, -0.2) is 0 Å². The van der Waals surface area contributed by atoms with Crippen molar-refractivity contribution in [1.29, 1.82) is 0 Å². The molecule has 0 aliphatic heterocycles. The van der Waals surface area contributed by atoms with Gasteiger partial charge in [-0.05, 0) is 12.1 Å². The minimum Gasteiger partial charge on any atom is -0.497 e. The summed E-state index contributed by atoms with van der Waals surface area (Å²) in [6, 6.07) is 9.68. The van der Waals surface area contributed by atoms with Gasteiger partial charge in [0.15, 0.2) is 0 Å². The zero-order chi connectivity index (χ0) is 12.1. The standard InChI is InChI=1S/C8H18.C7H8O/c1-3-5-7-8-6-4-2;1-8-7-5-3-2-4-6-7/h3-8H2,1-2H3;2-6H,1H3. The molecule has 16 heavy (non-hydrogen) atoms. The molecule has 0 radical (unpaired) electrons. The molecule has 0 N–H and O–H groups in total. The van der Waals surface area contributed by atoms with E-state index < -0.39 is 0 Å². The molecule has 0 fully saturated rings. The molecular weight excluding hydrogens is 196 g/mol. The van der Waals surface area contributed by atoms with Crippen molar-refractivity contribution in [3.05, 3.63) is 30.3 Å². The predicted octanol–water partition coefficient (Wildman–Crippen LogP) is 5.06. The van der Waals surface area contributed by atoms with Crippen LogP contribution in [0.25, 0.3) is 0 Å². The fraction of sp³-hybridized carbons (Fsp3) is 0.600. The average molecular weight is 222 g/mol. The number of rotatable bonds is 6. The van der Waals surface area contributed by atoms with Crippen molar-refractivity contribution < 1.29 is 4.74 Å². The molecule has 0 amide bonds. The van der Waals surface area contributed by atoms with E-state index in [9.17, 15) is 0 Å². The van der Waals surface area contributed by atoms with Gasteiger partial charge in [0.05, 0.1) is 7.11 Å². The molecule has 0 saturated carbocycles. The highest BCUT2D eigenvalue weighted by atomic mass is 16.5. The van der Waals surface area contributed by atoms with E-state index in [0.717, 1.165) is 5.75 Å². The summed E-state index contributed by atoms with van der Waals surface area (Å²) < 4.78 is 4.91. The minimum atomic E-state index is 0.910. The Morgan fingerprint density at radius 3 is 1.62 bits per heavy atom. The Hall–Kier alpha value is -0.980. The zero-order valence-corrected chi connectivity index (χ0v) is 11.0. The SMILES string of the molecule is CCCCCCCC.COc1ccccc1. The van der Waals surface area contributed by atoms with Crippen LogP contribution in [0.4, 0.5) is 0 Å². The summed E-state index contributed by atoms with van der Waals surface area (Å²) in [4.78, 5) is 0. The lowest BCUT2D eigenvalue weighted by Gasteiger charge is -1.93. The van der Waals surface area contributed by atoms with Crippen molar-refractivity contribution in [3.8, 4) is 5.75 Å². The van der Waals surface area contributed by atoms with Gasteiger partial charge in [0.1, 0.15) is 5.75 Å². The molecule has 1 aromatic carbocycles.